The molecule has 0 fully saturated rings. The van der Waals surface area contributed by atoms with E-state index in [1.54, 1.807) is 17.6 Å². The molecule has 0 spiro atoms. The van der Waals surface area contributed by atoms with Crippen LogP contribution in [0.4, 0.5) is 0 Å². The number of nitrogens with zero attached hydrogens (tertiary/aromatic N) is 1. The van der Waals surface area contributed by atoms with Crippen molar-refractivity contribution in [3.63, 3.8) is 0 Å². The molecule has 1 aliphatic rings. The molecule has 3 rings (SSSR count). The number of fused-ring (bicyclic) bond motifs is 1. The molecule has 0 aliphatic carbocycles. The van der Waals surface area contributed by atoms with Crippen LogP contribution in [-0.2, 0) is 21.3 Å². The van der Waals surface area contributed by atoms with Crippen LogP contribution < -0.4 is 9.47 Å². The van der Waals surface area contributed by atoms with Gasteiger partial charge in [-0.3, -0.25) is 0 Å². The largest absolute Gasteiger partial charge is 0.486 e. The second-order valence-corrected chi connectivity index (χ2v) is 9.34. The highest BCUT2D eigenvalue weighted by atomic mass is 79.9. The zero-order chi connectivity index (χ0) is 15.7. The normalized spacial score (nSPS) is 14.1. The lowest BCUT2D eigenvalue weighted by Gasteiger charge is -2.19. The van der Waals surface area contributed by atoms with Gasteiger partial charge in [0.2, 0.25) is 0 Å². The van der Waals surface area contributed by atoms with Gasteiger partial charge in [-0.05, 0) is 27.6 Å². The maximum Gasteiger partial charge on any atom is 0.162 e. The summed E-state index contributed by atoms with van der Waals surface area (Å²) in [6.07, 6.45) is 0. The molecule has 1 aromatic heterocycles. The molecule has 118 valence electrons. The average Bonchev–Trinajstić information content (AvgIpc) is 2.84. The van der Waals surface area contributed by atoms with E-state index in [2.05, 4.69) is 20.9 Å². The molecule has 0 saturated carbocycles. The lowest BCUT2D eigenvalue weighted by atomic mass is 10.2. The van der Waals surface area contributed by atoms with Crippen molar-refractivity contribution >= 4 is 48.7 Å². The quantitative estimate of drug-likeness (QED) is 0.752. The maximum atomic E-state index is 12.4. The Labute approximate surface area is 145 Å². The van der Waals surface area contributed by atoms with Gasteiger partial charge in [-0.1, -0.05) is 11.6 Å². The van der Waals surface area contributed by atoms with Crippen molar-refractivity contribution in [2.24, 2.45) is 0 Å². The molecule has 2 aromatic rings. The molecule has 9 heteroatoms. The van der Waals surface area contributed by atoms with E-state index in [0.717, 1.165) is 3.79 Å². The number of benzene rings is 1. The molecule has 1 aliphatic heterocycles. The minimum atomic E-state index is -3.40. The van der Waals surface area contributed by atoms with Crippen LogP contribution in [0.15, 0.2) is 21.4 Å². The van der Waals surface area contributed by atoms with Crippen LogP contribution in [0.3, 0.4) is 0 Å². The molecule has 0 amide bonds. The van der Waals surface area contributed by atoms with Gasteiger partial charge in [0.15, 0.2) is 21.3 Å². The third-order valence-corrected chi connectivity index (χ3v) is 6.52. The van der Waals surface area contributed by atoms with Gasteiger partial charge in [-0.15, -0.1) is 11.3 Å². The standard InChI is InChI=1S/C13H11BrClNO4S2/c14-13-10(16-7-21-13)6-22(17,18)5-8-3-11-12(4-9(8)15)20-2-1-19-11/h3-4,7H,1-2,5-6H2. The Bertz CT molecular complexity index is 806. The van der Waals surface area contributed by atoms with Gasteiger partial charge in [0.25, 0.3) is 0 Å². The van der Waals surface area contributed by atoms with Crippen LogP contribution in [0.25, 0.3) is 0 Å². The van der Waals surface area contributed by atoms with Gasteiger partial charge < -0.3 is 9.47 Å². The smallest absolute Gasteiger partial charge is 0.162 e. The van der Waals surface area contributed by atoms with Crippen molar-refractivity contribution in [1.29, 1.82) is 0 Å². The van der Waals surface area contributed by atoms with E-state index in [9.17, 15) is 8.42 Å². The minimum Gasteiger partial charge on any atom is -0.486 e. The molecule has 5 nitrogen and oxygen atoms in total. The van der Waals surface area contributed by atoms with Crippen molar-refractivity contribution in [1.82, 2.24) is 4.98 Å². The average molecular weight is 425 g/mol. The first-order valence-electron chi connectivity index (χ1n) is 6.31. The van der Waals surface area contributed by atoms with Crippen LogP contribution in [-0.4, -0.2) is 26.6 Å². The second-order valence-electron chi connectivity index (χ2n) is 4.69. The van der Waals surface area contributed by atoms with Crippen molar-refractivity contribution in [2.75, 3.05) is 13.2 Å². The first-order chi connectivity index (χ1) is 10.4. The van der Waals surface area contributed by atoms with E-state index in [1.807, 2.05) is 0 Å². The number of sulfone groups is 1. The third kappa shape index (κ3) is 3.56. The summed E-state index contributed by atoms with van der Waals surface area (Å²) in [5, 5.41) is 0.352. The molecular formula is C13H11BrClNO4S2. The van der Waals surface area contributed by atoms with E-state index in [-0.39, 0.29) is 11.5 Å². The Morgan fingerprint density at radius 3 is 2.55 bits per heavy atom. The molecule has 0 bridgehead atoms. The lowest BCUT2D eigenvalue weighted by Crippen LogP contribution is -2.16. The number of hydrogen-bond acceptors (Lipinski definition) is 6. The Kier molecular flexibility index (Phi) is 4.63. The molecular weight excluding hydrogens is 414 g/mol. The Hall–Kier alpha value is -0.830. The first-order valence-corrected chi connectivity index (χ1v) is 10.2. The predicted molar refractivity (Wildman–Crippen MR) is 88.6 cm³/mol. The Balaban J connectivity index is 1.84. The highest BCUT2D eigenvalue weighted by Gasteiger charge is 2.21. The Morgan fingerprint density at radius 1 is 1.23 bits per heavy atom. The fourth-order valence-electron chi connectivity index (χ4n) is 2.06. The molecule has 0 atom stereocenters. The van der Waals surface area contributed by atoms with E-state index >= 15 is 0 Å². The topological polar surface area (TPSA) is 65.5 Å². The first kappa shape index (κ1) is 16.0. The maximum absolute atomic E-state index is 12.4. The number of aromatic nitrogens is 1. The van der Waals surface area contributed by atoms with Crippen LogP contribution >= 0.6 is 38.9 Å². The number of halogens is 2. The predicted octanol–water partition coefficient (Wildman–Crippen LogP) is 3.45. The fraction of sp³-hybridized carbons (Fsp3) is 0.308. The van der Waals surface area contributed by atoms with E-state index < -0.39 is 9.84 Å². The Morgan fingerprint density at radius 2 is 1.91 bits per heavy atom. The van der Waals surface area contributed by atoms with Crippen molar-refractivity contribution in [3.8, 4) is 11.5 Å². The van der Waals surface area contributed by atoms with Crippen LogP contribution in [0.2, 0.25) is 5.02 Å². The summed E-state index contributed by atoms with van der Waals surface area (Å²) in [7, 11) is -3.40. The van der Waals surface area contributed by atoms with Gasteiger partial charge in [0.05, 0.1) is 26.5 Å². The van der Waals surface area contributed by atoms with Crippen molar-refractivity contribution in [3.05, 3.63) is 37.7 Å². The fourth-order valence-corrected chi connectivity index (χ4v) is 5.12. The zero-order valence-corrected chi connectivity index (χ0v) is 15.2. The summed E-state index contributed by atoms with van der Waals surface area (Å²) in [6, 6.07) is 3.23. The molecule has 0 saturated heterocycles. The summed E-state index contributed by atoms with van der Waals surface area (Å²) in [6.45, 7) is 0.894. The van der Waals surface area contributed by atoms with Gasteiger partial charge in [0.1, 0.15) is 13.2 Å². The van der Waals surface area contributed by atoms with Gasteiger partial charge in [-0.2, -0.15) is 0 Å². The van der Waals surface area contributed by atoms with Gasteiger partial charge >= 0.3 is 0 Å². The van der Waals surface area contributed by atoms with E-state index in [4.69, 9.17) is 21.1 Å². The summed E-state index contributed by atoms with van der Waals surface area (Å²) in [5.74, 6) is 0.754. The van der Waals surface area contributed by atoms with Crippen LogP contribution in [0, 0.1) is 0 Å². The van der Waals surface area contributed by atoms with E-state index in [1.165, 1.54) is 11.3 Å². The number of hydrogen-bond donors (Lipinski definition) is 0. The number of ether oxygens (including phenoxy) is 2. The van der Waals surface area contributed by atoms with Crippen LogP contribution in [0.1, 0.15) is 11.3 Å². The summed E-state index contributed by atoms with van der Waals surface area (Å²) in [4.78, 5) is 4.05. The third-order valence-electron chi connectivity index (χ3n) is 3.03. The highest BCUT2D eigenvalue weighted by Crippen LogP contribution is 2.36. The van der Waals surface area contributed by atoms with Crippen LogP contribution in [0.5, 0.6) is 11.5 Å². The lowest BCUT2D eigenvalue weighted by molar-refractivity contribution is 0.171. The second kappa shape index (κ2) is 6.35. The molecule has 1 aromatic carbocycles. The number of rotatable bonds is 4. The van der Waals surface area contributed by atoms with Crippen molar-refractivity contribution < 1.29 is 17.9 Å². The number of thiazole rings is 1. The minimum absolute atomic E-state index is 0.137. The summed E-state index contributed by atoms with van der Waals surface area (Å²) < 4.78 is 36.3. The molecule has 0 radical (unpaired) electrons. The summed E-state index contributed by atoms with van der Waals surface area (Å²) in [5.41, 5.74) is 2.61. The van der Waals surface area contributed by atoms with Crippen molar-refractivity contribution in [2.45, 2.75) is 11.5 Å². The van der Waals surface area contributed by atoms with Gasteiger partial charge in [0, 0.05) is 11.1 Å². The molecule has 0 unspecified atom stereocenters. The monoisotopic (exact) mass is 423 g/mol. The molecule has 0 N–H and O–H groups in total. The molecule has 2 heterocycles. The summed E-state index contributed by atoms with van der Waals surface area (Å²) >= 11 is 10.8. The van der Waals surface area contributed by atoms with Gasteiger partial charge in [-0.25, -0.2) is 13.4 Å². The SMILES string of the molecule is O=S(=O)(Cc1cc2c(cc1Cl)OCCO2)Cc1ncsc1Br. The molecule has 22 heavy (non-hydrogen) atoms. The van der Waals surface area contributed by atoms with E-state index in [0.29, 0.717) is 41.0 Å². The highest BCUT2D eigenvalue weighted by molar-refractivity contribution is 9.11. The zero-order valence-electron chi connectivity index (χ0n) is 11.2.